The van der Waals surface area contributed by atoms with Gasteiger partial charge in [-0.1, -0.05) is 18.6 Å². The molecule has 4 unspecified atom stereocenters. The first-order valence-electron chi connectivity index (χ1n) is 7.57. The maximum atomic E-state index is 12.0. The van der Waals surface area contributed by atoms with Gasteiger partial charge in [0.05, 0.1) is 38.4 Å². The van der Waals surface area contributed by atoms with Crippen LogP contribution in [0.5, 0.6) is 0 Å². The van der Waals surface area contributed by atoms with Gasteiger partial charge in [0.25, 0.3) is 0 Å². The number of aliphatic carboxylic acids is 2. The summed E-state index contributed by atoms with van der Waals surface area (Å²) in [6, 6.07) is 0. The normalized spacial score (nSPS) is 24.5. The first-order valence-corrected chi connectivity index (χ1v) is 7.57. The predicted octanol–water partition coefficient (Wildman–Crippen LogP) is 1.10. The minimum absolute atomic E-state index is 0.0629. The molecule has 0 spiro atoms. The molecule has 0 aliphatic heterocycles. The molecule has 134 valence electrons. The van der Waals surface area contributed by atoms with Crippen molar-refractivity contribution >= 4 is 23.9 Å². The Morgan fingerprint density at radius 1 is 1.17 bits per heavy atom. The number of carboxylic acids is 2. The van der Waals surface area contributed by atoms with Crippen LogP contribution in [0.25, 0.3) is 0 Å². The summed E-state index contributed by atoms with van der Waals surface area (Å²) in [6.07, 6.45) is 1.62. The van der Waals surface area contributed by atoms with Crippen molar-refractivity contribution in [2.45, 2.75) is 26.2 Å². The molecule has 0 aromatic heterocycles. The zero-order valence-electron chi connectivity index (χ0n) is 13.9. The van der Waals surface area contributed by atoms with Crippen LogP contribution in [0.2, 0.25) is 0 Å². The van der Waals surface area contributed by atoms with Gasteiger partial charge in [-0.25, -0.2) is 0 Å². The molecule has 0 heterocycles. The van der Waals surface area contributed by atoms with Gasteiger partial charge in [0, 0.05) is 0 Å². The molecule has 0 saturated heterocycles. The highest BCUT2D eigenvalue weighted by molar-refractivity contribution is 5.84. The Balaban J connectivity index is 3.26. The fraction of sp³-hybridized carbons (Fsp3) is 0.625. The molecule has 4 atom stereocenters. The predicted molar refractivity (Wildman–Crippen MR) is 80.9 cm³/mol. The topological polar surface area (TPSA) is 127 Å². The van der Waals surface area contributed by atoms with Crippen molar-refractivity contribution in [1.29, 1.82) is 0 Å². The average molecular weight is 342 g/mol. The van der Waals surface area contributed by atoms with Crippen LogP contribution in [0.3, 0.4) is 0 Å². The minimum atomic E-state index is -1.24. The van der Waals surface area contributed by atoms with Crippen molar-refractivity contribution < 1.29 is 38.9 Å². The lowest BCUT2D eigenvalue weighted by Crippen LogP contribution is -2.39. The number of carboxylic acid groups (broad SMARTS) is 2. The number of ether oxygens (including phenoxy) is 2. The fourth-order valence-corrected chi connectivity index (χ4v) is 3.15. The van der Waals surface area contributed by atoms with Gasteiger partial charge in [-0.2, -0.15) is 0 Å². The SMILES string of the molecule is CCC1=CC(C(CC(=O)OC)C(=O)OC)CC(C(=O)O)C1C(=O)O. The van der Waals surface area contributed by atoms with Crippen molar-refractivity contribution in [2.24, 2.45) is 23.7 Å². The number of carbonyl (C=O) groups is 4. The van der Waals surface area contributed by atoms with E-state index in [4.69, 9.17) is 4.74 Å². The summed E-state index contributed by atoms with van der Waals surface area (Å²) in [6.45, 7) is 1.72. The zero-order chi connectivity index (χ0) is 18.4. The van der Waals surface area contributed by atoms with E-state index in [2.05, 4.69) is 4.74 Å². The Morgan fingerprint density at radius 2 is 1.79 bits per heavy atom. The van der Waals surface area contributed by atoms with E-state index in [1.165, 1.54) is 14.2 Å². The molecule has 1 rings (SSSR count). The van der Waals surface area contributed by atoms with Gasteiger partial charge in [0.15, 0.2) is 0 Å². The van der Waals surface area contributed by atoms with Gasteiger partial charge in [-0.15, -0.1) is 0 Å². The summed E-state index contributed by atoms with van der Waals surface area (Å²) in [7, 11) is 2.36. The van der Waals surface area contributed by atoms with Crippen LogP contribution in [0.4, 0.5) is 0 Å². The summed E-state index contributed by atoms with van der Waals surface area (Å²) in [5.41, 5.74) is 0.435. The van der Waals surface area contributed by atoms with Crippen LogP contribution >= 0.6 is 0 Å². The standard InChI is InChI=1S/C16H22O8/c1-4-8-5-9(6-11(14(18)19)13(8)15(20)21)10(16(22)24-3)7-12(17)23-2/h5,9-11,13H,4,6-7H2,1-3H3,(H,18,19)(H,20,21). The third-order valence-electron chi connectivity index (χ3n) is 4.38. The number of hydrogen-bond acceptors (Lipinski definition) is 6. The molecule has 0 aromatic rings. The fourth-order valence-electron chi connectivity index (χ4n) is 3.15. The molecule has 0 aromatic carbocycles. The van der Waals surface area contributed by atoms with Crippen molar-refractivity contribution in [2.75, 3.05) is 14.2 Å². The highest BCUT2D eigenvalue weighted by Crippen LogP contribution is 2.40. The maximum absolute atomic E-state index is 12.0. The molecule has 1 aliphatic carbocycles. The van der Waals surface area contributed by atoms with Crippen LogP contribution in [-0.4, -0.2) is 48.3 Å². The maximum Gasteiger partial charge on any atom is 0.311 e. The number of allylic oxidation sites excluding steroid dienone is 1. The van der Waals surface area contributed by atoms with Crippen molar-refractivity contribution in [1.82, 2.24) is 0 Å². The van der Waals surface area contributed by atoms with E-state index < -0.39 is 47.5 Å². The molecule has 0 fully saturated rings. The number of hydrogen-bond donors (Lipinski definition) is 2. The van der Waals surface area contributed by atoms with E-state index in [0.29, 0.717) is 12.0 Å². The molecule has 0 amide bonds. The van der Waals surface area contributed by atoms with E-state index >= 15 is 0 Å². The van der Waals surface area contributed by atoms with E-state index in [1.807, 2.05) is 0 Å². The second-order valence-electron chi connectivity index (χ2n) is 5.67. The molecule has 2 N–H and O–H groups in total. The van der Waals surface area contributed by atoms with Gasteiger partial charge in [-0.05, 0) is 18.8 Å². The summed E-state index contributed by atoms with van der Waals surface area (Å²) in [4.78, 5) is 46.6. The minimum Gasteiger partial charge on any atom is -0.481 e. The van der Waals surface area contributed by atoms with E-state index in [-0.39, 0.29) is 12.8 Å². The summed E-state index contributed by atoms with van der Waals surface area (Å²) in [5, 5.41) is 18.7. The van der Waals surface area contributed by atoms with Crippen molar-refractivity contribution in [3.05, 3.63) is 11.6 Å². The molecule has 8 heteroatoms. The van der Waals surface area contributed by atoms with Gasteiger partial charge < -0.3 is 19.7 Å². The van der Waals surface area contributed by atoms with Crippen LogP contribution in [0.15, 0.2) is 11.6 Å². The molecule has 0 radical (unpaired) electrons. The Hall–Kier alpha value is -2.38. The second-order valence-corrected chi connectivity index (χ2v) is 5.67. The Bertz CT molecular complexity index is 550. The lowest BCUT2D eigenvalue weighted by Gasteiger charge is -2.34. The van der Waals surface area contributed by atoms with Crippen LogP contribution in [0, 0.1) is 23.7 Å². The lowest BCUT2D eigenvalue weighted by atomic mass is 9.69. The summed E-state index contributed by atoms with van der Waals surface area (Å²) < 4.78 is 9.29. The Morgan fingerprint density at radius 3 is 2.21 bits per heavy atom. The molecular weight excluding hydrogens is 320 g/mol. The number of rotatable bonds is 7. The first-order chi connectivity index (χ1) is 11.3. The third-order valence-corrected chi connectivity index (χ3v) is 4.38. The third kappa shape index (κ3) is 4.33. The molecular formula is C16H22O8. The number of methoxy groups -OCH3 is 2. The van der Waals surface area contributed by atoms with Gasteiger partial charge >= 0.3 is 23.9 Å². The monoisotopic (exact) mass is 342 g/mol. The Kier molecular flexibility index (Phi) is 6.94. The van der Waals surface area contributed by atoms with Gasteiger partial charge in [-0.3, -0.25) is 19.2 Å². The Labute approximate surface area is 139 Å². The van der Waals surface area contributed by atoms with E-state index in [0.717, 1.165) is 0 Å². The quantitative estimate of drug-likeness (QED) is 0.520. The highest BCUT2D eigenvalue weighted by Gasteiger charge is 2.44. The van der Waals surface area contributed by atoms with E-state index in [1.54, 1.807) is 13.0 Å². The van der Waals surface area contributed by atoms with Crippen molar-refractivity contribution in [3.8, 4) is 0 Å². The first kappa shape index (κ1) is 19.7. The summed E-state index contributed by atoms with van der Waals surface area (Å²) >= 11 is 0. The van der Waals surface area contributed by atoms with Gasteiger partial charge in [0.2, 0.25) is 0 Å². The molecule has 0 saturated carbocycles. The summed E-state index contributed by atoms with van der Waals surface area (Å²) in [5.74, 6) is -7.56. The largest absolute Gasteiger partial charge is 0.481 e. The highest BCUT2D eigenvalue weighted by atomic mass is 16.5. The molecule has 1 aliphatic rings. The van der Waals surface area contributed by atoms with Crippen LogP contribution in [-0.2, 0) is 28.7 Å². The van der Waals surface area contributed by atoms with E-state index in [9.17, 15) is 29.4 Å². The molecule has 0 bridgehead atoms. The average Bonchev–Trinajstić information content (AvgIpc) is 2.56. The zero-order valence-corrected chi connectivity index (χ0v) is 13.9. The molecule has 24 heavy (non-hydrogen) atoms. The number of esters is 2. The number of carbonyl (C=O) groups excluding carboxylic acids is 2. The smallest absolute Gasteiger partial charge is 0.311 e. The lowest BCUT2D eigenvalue weighted by molar-refractivity contribution is -0.157. The molecule has 8 nitrogen and oxygen atoms in total. The van der Waals surface area contributed by atoms with Crippen LogP contribution in [0.1, 0.15) is 26.2 Å². The van der Waals surface area contributed by atoms with Crippen LogP contribution < -0.4 is 0 Å². The second kappa shape index (κ2) is 8.47. The van der Waals surface area contributed by atoms with Crippen molar-refractivity contribution in [3.63, 3.8) is 0 Å². The van der Waals surface area contributed by atoms with Gasteiger partial charge in [0.1, 0.15) is 0 Å².